The molecule has 0 aromatic heterocycles. The molecule has 3 rings (SSSR count). The van der Waals surface area contributed by atoms with Crippen molar-refractivity contribution < 1.29 is 0 Å². The minimum Gasteiger partial charge on any atom is -0.327 e. The van der Waals surface area contributed by atoms with Crippen molar-refractivity contribution >= 4 is 23.8 Å². The van der Waals surface area contributed by atoms with Crippen LogP contribution >= 0.6 is 0 Å². The Labute approximate surface area is 152 Å². The normalized spacial score (nSPS) is 11.4. The van der Waals surface area contributed by atoms with Crippen LogP contribution in [0.1, 0.15) is 26.2 Å². The lowest BCUT2D eigenvalue weighted by Gasteiger charge is -2.34. The molecule has 0 aliphatic carbocycles. The Hall–Kier alpha value is -2.16. The van der Waals surface area contributed by atoms with Crippen molar-refractivity contribution in [1.29, 1.82) is 0 Å². The average Bonchev–Trinajstić information content (AvgIpc) is 2.70. The molecule has 0 saturated heterocycles. The van der Waals surface area contributed by atoms with E-state index in [1.165, 1.54) is 34.8 Å². The predicted molar refractivity (Wildman–Crippen MR) is 112 cm³/mol. The first-order valence-corrected chi connectivity index (χ1v) is 11.3. The molecule has 0 heterocycles. The second-order valence-electron chi connectivity index (χ2n) is 6.48. The van der Waals surface area contributed by atoms with Crippen molar-refractivity contribution in [2.45, 2.75) is 26.2 Å². The lowest BCUT2D eigenvalue weighted by atomic mass is 10.3. The molecule has 0 fully saturated rings. The molecule has 2 heteroatoms. The summed E-state index contributed by atoms with van der Waals surface area (Å²) in [5, 5.41) is 4.26. The van der Waals surface area contributed by atoms with Crippen molar-refractivity contribution in [2.24, 2.45) is 0 Å². The third-order valence-electron chi connectivity index (χ3n) is 4.79. The summed E-state index contributed by atoms with van der Waals surface area (Å²) in [6.07, 6.45) is 3.74. The molecule has 0 bridgehead atoms. The Balaban J connectivity index is 2.13. The summed E-state index contributed by atoms with van der Waals surface area (Å²) in [6, 6.07) is 33.0. The molecule has 1 N–H and O–H groups in total. The van der Waals surface area contributed by atoms with Gasteiger partial charge in [0, 0.05) is 0 Å². The van der Waals surface area contributed by atoms with Crippen LogP contribution in [0.3, 0.4) is 0 Å². The second-order valence-corrected chi connectivity index (χ2v) is 10.1. The molecule has 25 heavy (non-hydrogen) atoms. The van der Waals surface area contributed by atoms with E-state index in [-0.39, 0.29) is 0 Å². The topological polar surface area (TPSA) is 12.0 Å². The fraction of sp³-hybridized carbons (Fsp3) is 0.217. The number of rotatable bonds is 8. The summed E-state index contributed by atoms with van der Waals surface area (Å²) in [6.45, 7) is 3.31. The molecule has 3 aromatic rings. The van der Waals surface area contributed by atoms with Crippen LogP contribution in [0.2, 0.25) is 0 Å². The summed E-state index contributed by atoms with van der Waals surface area (Å²) >= 11 is 0. The summed E-state index contributed by atoms with van der Waals surface area (Å²) in [5.41, 5.74) is 0. The molecule has 0 unspecified atom stereocenters. The Morgan fingerprint density at radius 2 is 1.00 bits per heavy atom. The highest BCUT2D eigenvalue weighted by Gasteiger charge is 2.39. The summed E-state index contributed by atoms with van der Waals surface area (Å²) < 4.78 is 0. The van der Waals surface area contributed by atoms with Crippen molar-refractivity contribution in [1.82, 2.24) is 4.98 Å². The van der Waals surface area contributed by atoms with Gasteiger partial charge in [0.15, 0.2) is 0 Å². The Kier molecular flexibility index (Phi) is 6.21. The smallest absolute Gasteiger partial charge is 0.222 e. The predicted octanol–water partition coefficient (Wildman–Crippen LogP) is 3.43. The van der Waals surface area contributed by atoms with E-state index in [2.05, 4.69) is 103 Å². The molecule has 0 aliphatic rings. The highest BCUT2D eigenvalue weighted by Crippen LogP contribution is 2.06. The molecule has 0 aliphatic heterocycles. The second kappa shape index (κ2) is 8.79. The quantitative estimate of drug-likeness (QED) is 0.375. The van der Waals surface area contributed by atoms with Crippen molar-refractivity contribution in [3.8, 4) is 0 Å². The number of nitrogens with one attached hydrogen (secondary N) is 1. The SMILES string of the molecule is CCCCCN[Si](c1ccccc1)(c1ccccc1)c1ccccc1. The third kappa shape index (κ3) is 3.92. The number of benzene rings is 3. The van der Waals surface area contributed by atoms with Gasteiger partial charge in [-0.25, -0.2) is 0 Å². The zero-order valence-electron chi connectivity index (χ0n) is 15.0. The fourth-order valence-corrected chi connectivity index (χ4v) is 7.76. The van der Waals surface area contributed by atoms with Crippen LogP contribution in [0.15, 0.2) is 91.0 Å². The molecular formula is C23H27NSi. The van der Waals surface area contributed by atoms with Gasteiger partial charge in [0.1, 0.15) is 0 Å². The average molecular weight is 346 g/mol. The molecule has 0 radical (unpaired) electrons. The maximum Gasteiger partial charge on any atom is 0.222 e. The van der Waals surface area contributed by atoms with Gasteiger partial charge in [-0.3, -0.25) is 0 Å². The van der Waals surface area contributed by atoms with Crippen molar-refractivity contribution in [2.75, 3.05) is 6.54 Å². The van der Waals surface area contributed by atoms with Gasteiger partial charge < -0.3 is 4.98 Å². The highest BCUT2D eigenvalue weighted by atomic mass is 28.3. The van der Waals surface area contributed by atoms with Gasteiger partial charge in [-0.2, -0.15) is 0 Å². The minimum atomic E-state index is -2.22. The Morgan fingerprint density at radius 1 is 0.600 bits per heavy atom. The van der Waals surface area contributed by atoms with Crippen molar-refractivity contribution in [3.05, 3.63) is 91.0 Å². The summed E-state index contributed by atoms with van der Waals surface area (Å²) in [7, 11) is -2.22. The van der Waals surface area contributed by atoms with Gasteiger partial charge in [0.25, 0.3) is 0 Å². The molecule has 0 amide bonds. The van der Waals surface area contributed by atoms with Crippen LogP contribution in [0.5, 0.6) is 0 Å². The Bertz CT molecular complexity index is 644. The standard InChI is InChI=1S/C23H27NSi/c1-2-3-13-20-24-25(21-14-7-4-8-15-21,22-16-9-5-10-17-22)23-18-11-6-12-19-23/h4-12,14-19,24H,2-3,13,20H2,1H3. The molecule has 1 nitrogen and oxygen atoms in total. The van der Waals surface area contributed by atoms with E-state index in [1.54, 1.807) is 0 Å². The molecular weight excluding hydrogens is 318 g/mol. The monoisotopic (exact) mass is 345 g/mol. The maximum atomic E-state index is 4.06. The van der Waals surface area contributed by atoms with E-state index in [0.717, 1.165) is 6.54 Å². The number of hydrogen-bond acceptors (Lipinski definition) is 1. The van der Waals surface area contributed by atoms with E-state index in [4.69, 9.17) is 0 Å². The van der Waals surface area contributed by atoms with Gasteiger partial charge in [0.2, 0.25) is 8.24 Å². The van der Waals surface area contributed by atoms with Crippen LogP contribution in [0, 0.1) is 0 Å². The summed E-state index contributed by atoms with van der Waals surface area (Å²) in [4.78, 5) is 4.06. The number of unbranched alkanes of at least 4 members (excludes halogenated alkanes) is 2. The van der Waals surface area contributed by atoms with E-state index in [9.17, 15) is 0 Å². The first-order valence-electron chi connectivity index (χ1n) is 9.29. The van der Waals surface area contributed by atoms with Gasteiger partial charge in [-0.05, 0) is 28.5 Å². The van der Waals surface area contributed by atoms with Crippen LogP contribution in [0.25, 0.3) is 0 Å². The van der Waals surface area contributed by atoms with Crippen molar-refractivity contribution in [3.63, 3.8) is 0 Å². The van der Waals surface area contributed by atoms with Crippen LogP contribution in [-0.2, 0) is 0 Å². The fourth-order valence-electron chi connectivity index (χ4n) is 3.52. The minimum absolute atomic E-state index is 1.05. The van der Waals surface area contributed by atoms with Gasteiger partial charge in [-0.1, -0.05) is 111 Å². The molecule has 3 aromatic carbocycles. The Morgan fingerprint density at radius 3 is 1.36 bits per heavy atom. The van der Waals surface area contributed by atoms with Crippen LogP contribution in [0.4, 0.5) is 0 Å². The molecule has 0 atom stereocenters. The lowest BCUT2D eigenvalue weighted by molar-refractivity contribution is 0.699. The van der Waals surface area contributed by atoms with E-state index >= 15 is 0 Å². The number of hydrogen-bond donors (Lipinski definition) is 1. The van der Waals surface area contributed by atoms with E-state index < -0.39 is 8.24 Å². The largest absolute Gasteiger partial charge is 0.327 e. The first kappa shape index (κ1) is 17.7. The molecule has 128 valence electrons. The van der Waals surface area contributed by atoms with Crippen LogP contribution < -0.4 is 20.5 Å². The maximum absolute atomic E-state index is 4.06. The summed E-state index contributed by atoms with van der Waals surface area (Å²) in [5.74, 6) is 0. The molecule has 0 saturated carbocycles. The van der Waals surface area contributed by atoms with Crippen LogP contribution in [-0.4, -0.2) is 14.8 Å². The first-order chi connectivity index (χ1) is 12.4. The lowest BCUT2D eigenvalue weighted by Crippen LogP contribution is -2.76. The third-order valence-corrected chi connectivity index (χ3v) is 9.17. The molecule has 0 spiro atoms. The van der Waals surface area contributed by atoms with Gasteiger partial charge in [0.05, 0.1) is 0 Å². The van der Waals surface area contributed by atoms with E-state index in [1.807, 2.05) is 0 Å². The van der Waals surface area contributed by atoms with Gasteiger partial charge >= 0.3 is 0 Å². The van der Waals surface area contributed by atoms with E-state index in [0.29, 0.717) is 0 Å². The van der Waals surface area contributed by atoms with Gasteiger partial charge in [-0.15, -0.1) is 0 Å². The highest BCUT2D eigenvalue weighted by molar-refractivity contribution is 7.09. The zero-order valence-corrected chi connectivity index (χ0v) is 16.0. The zero-order chi connectivity index (χ0) is 17.4.